The summed E-state index contributed by atoms with van der Waals surface area (Å²) in [4.78, 5) is 13.4. The van der Waals surface area contributed by atoms with Crippen molar-refractivity contribution < 1.29 is 22.7 Å². The van der Waals surface area contributed by atoms with Gasteiger partial charge in [-0.3, -0.25) is 4.79 Å². The molecule has 1 heterocycles. The van der Waals surface area contributed by atoms with E-state index in [-0.39, 0.29) is 25.4 Å². The van der Waals surface area contributed by atoms with Crippen molar-refractivity contribution in [3.05, 3.63) is 23.8 Å². The number of hydrogen-bond donors (Lipinski definition) is 0. The predicted octanol–water partition coefficient (Wildman–Crippen LogP) is 1.37. The Morgan fingerprint density at radius 3 is 2.57 bits per heavy atom. The number of methoxy groups -OCH3 is 2. The number of carbonyl (C=O) groups excluding carboxylic acids is 1. The lowest BCUT2D eigenvalue weighted by Gasteiger charge is -2.18. The van der Waals surface area contributed by atoms with Crippen molar-refractivity contribution >= 4 is 25.6 Å². The van der Waals surface area contributed by atoms with Crippen LogP contribution in [-0.4, -0.2) is 45.2 Å². The molecule has 1 aliphatic heterocycles. The Balaban J connectivity index is 2.20. The van der Waals surface area contributed by atoms with E-state index < -0.39 is 14.3 Å². The summed E-state index contributed by atoms with van der Waals surface area (Å²) in [6.07, 6.45) is -0.0852. The molecule has 0 spiro atoms. The fraction of sp³-hybridized carbons (Fsp3) is 0.462. The third-order valence-corrected chi connectivity index (χ3v) is 5.29. The molecule has 1 aliphatic rings. The summed E-state index contributed by atoms with van der Waals surface area (Å²) in [7, 11) is 4.67. The molecule has 0 saturated carbocycles. The minimum Gasteiger partial charge on any atom is -0.497 e. The van der Waals surface area contributed by atoms with Crippen LogP contribution in [0.15, 0.2) is 18.2 Å². The molecule has 6 nitrogen and oxygen atoms in total. The highest BCUT2D eigenvalue weighted by Gasteiger charge is 2.37. The lowest BCUT2D eigenvalue weighted by atomic mass is 10.1. The molecule has 1 aromatic rings. The Morgan fingerprint density at radius 1 is 1.33 bits per heavy atom. The predicted molar refractivity (Wildman–Crippen MR) is 78.1 cm³/mol. The van der Waals surface area contributed by atoms with Gasteiger partial charge >= 0.3 is 0 Å². The van der Waals surface area contributed by atoms with E-state index >= 15 is 0 Å². The van der Waals surface area contributed by atoms with Crippen LogP contribution in [0.4, 0.5) is 0 Å². The van der Waals surface area contributed by atoms with Crippen molar-refractivity contribution in [1.29, 1.82) is 0 Å². The van der Waals surface area contributed by atoms with E-state index in [2.05, 4.69) is 0 Å². The van der Waals surface area contributed by atoms with Gasteiger partial charge in [-0.1, -0.05) is 0 Å². The number of hydrogen-bond acceptors (Lipinski definition) is 5. The highest BCUT2D eigenvalue weighted by Crippen LogP contribution is 2.28. The minimum atomic E-state index is -3.74. The van der Waals surface area contributed by atoms with Gasteiger partial charge in [0.2, 0.25) is 15.0 Å². The topological polar surface area (TPSA) is 72.9 Å². The quantitative estimate of drug-likeness (QED) is 0.761. The zero-order chi connectivity index (χ0) is 15.6. The number of carbonyl (C=O) groups is 1. The van der Waals surface area contributed by atoms with Crippen molar-refractivity contribution in [1.82, 2.24) is 4.90 Å². The molecule has 1 saturated heterocycles. The van der Waals surface area contributed by atoms with Gasteiger partial charge in [0, 0.05) is 35.8 Å². The second kappa shape index (κ2) is 6.11. The summed E-state index contributed by atoms with van der Waals surface area (Å²) < 4.78 is 33.1. The molecule has 21 heavy (non-hydrogen) atoms. The molecule has 1 unspecified atom stereocenters. The van der Waals surface area contributed by atoms with Crippen molar-refractivity contribution in [2.45, 2.75) is 18.2 Å². The maximum atomic E-state index is 11.9. The second-order valence-corrected chi connectivity index (χ2v) is 7.66. The summed E-state index contributed by atoms with van der Waals surface area (Å²) in [6.45, 7) is 0.340. The van der Waals surface area contributed by atoms with E-state index in [1.165, 1.54) is 12.0 Å². The third-order valence-electron chi connectivity index (χ3n) is 3.43. The first kappa shape index (κ1) is 15.9. The Bertz CT molecular complexity index is 646. The van der Waals surface area contributed by atoms with Crippen LogP contribution in [0, 0.1) is 0 Å². The van der Waals surface area contributed by atoms with E-state index in [1.807, 2.05) is 0 Å². The van der Waals surface area contributed by atoms with Gasteiger partial charge in [-0.25, -0.2) is 8.42 Å². The Kier molecular flexibility index (Phi) is 4.63. The summed E-state index contributed by atoms with van der Waals surface area (Å²) in [6, 6.07) is 5.25. The van der Waals surface area contributed by atoms with E-state index in [4.69, 9.17) is 20.2 Å². The first-order valence-electron chi connectivity index (χ1n) is 6.27. The average Bonchev–Trinajstić information content (AvgIpc) is 2.80. The molecular formula is C13H16ClNO5S. The van der Waals surface area contributed by atoms with Crippen molar-refractivity contribution in [3.8, 4) is 11.5 Å². The van der Waals surface area contributed by atoms with Crippen LogP contribution < -0.4 is 9.47 Å². The zero-order valence-corrected chi connectivity index (χ0v) is 13.3. The highest BCUT2D eigenvalue weighted by molar-refractivity contribution is 8.14. The van der Waals surface area contributed by atoms with Crippen molar-refractivity contribution in [3.63, 3.8) is 0 Å². The van der Waals surface area contributed by atoms with Crippen LogP contribution in [0.25, 0.3) is 0 Å². The molecule has 0 aromatic heterocycles. The van der Waals surface area contributed by atoms with Crippen LogP contribution >= 0.6 is 10.7 Å². The smallest absolute Gasteiger partial charge is 0.237 e. The molecule has 0 bridgehead atoms. The van der Waals surface area contributed by atoms with Crippen LogP contribution in [-0.2, 0) is 20.4 Å². The molecular weight excluding hydrogens is 318 g/mol. The Labute approximate surface area is 128 Å². The molecule has 2 rings (SSSR count). The van der Waals surface area contributed by atoms with Gasteiger partial charge in [0.05, 0.1) is 14.2 Å². The molecule has 1 fully saturated rings. The van der Waals surface area contributed by atoms with Crippen LogP contribution in [0.2, 0.25) is 0 Å². The van der Waals surface area contributed by atoms with Crippen molar-refractivity contribution in [2.75, 3.05) is 20.8 Å². The minimum absolute atomic E-state index is 0.0852. The van der Waals surface area contributed by atoms with E-state index in [1.54, 1.807) is 25.3 Å². The van der Waals surface area contributed by atoms with Gasteiger partial charge < -0.3 is 14.4 Å². The summed E-state index contributed by atoms with van der Waals surface area (Å²) in [5.74, 6) is 1.01. The van der Waals surface area contributed by atoms with Crippen molar-refractivity contribution in [2.24, 2.45) is 0 Å². The number of halogens is 1. The fourth-order valence-corrected chi connectivity index (χ4v) is 3.35. The standard InChI is InChI=1S/C13H16ClNO5S/c1-19-10-3-4-12(20-2)9(5-10)7-15-8-11(6-13(15)16)21(14,17)18/h3-5,11H,6-8H2,1-2H3. The van der Waals surface area contributed by atoms with E-state index in [0.717, 1.165) is 5.56 Å². The summed E-state index contributed by atoms with van der Waals surface area (Å²) in [5.41, 5.74) is 0.748. The van der Waals surface area contributed by atoms with Gasteiger partial charge in [0.15, 0.2) is 0 Å². The lowest BCUT2D eigenvalue weighted by Crippen LogP contribution is -2.26. The van der Waals surface area contributed by atoms with Crippen LogP contribution in [0.3, 0.4) is 0 Å². The third kappa shape index (κ3) is 3.59. The number of nitrogens with zero attached hydrogens (tertiary/aromatic N) is 1. The molecule has 8 heteroatoms. The molecule has 0 radical (unpaired) electrons. The summed E-state index contributed by atoms with van der Waals surface area (Å²) >= 11 is 0. The van der Waals surface area contributed by atoms with Gasteiger partial charge in [0.25, 0.3) is 0 Å². The maximum Gasteiger partial charge on any atom is 0.237 e. The largest absolute Gasteiger partial charge is 0.497 e. The SMILES string of the molecule is COc1ccc(OC)c(CN2CC(S(=O)(=O)Cl)CC2=O)c1. The molecule has 116 valence electrons. The van der Waals surface area contributed by atoms with Crippen LogP contribution in [0.5, 0.6) is 11.5 Å². The van der Waals surface area contributed by atoms with Gasteiger partial charge in [-0.15, -0.1) is 0 Å². The molecule has 1 aromatic carbocycles. The maximum absolute atomic E-state index is 11.9. The zero-order valence-electron chi connectivity index (χ0n) is 11.7. The number of likely N-dealkylation sites (tertiary alicyclic amines) is 1. The lowest BCUT2D eigenvalue weighted by molar-refractivity contribution is -0.128. The Morgan fingerprint density at radius 2 is 2.05 bits per heavy atom. The second-order valence-electron chi connectivity index (χ2n) is 4.75. The summed E-state index contributed by atoms with van der Waals surface area (Å²) in [5, 5.41) is -0.858. The monoisotopic (exact) mass is 333 g/mol. The molecule has 0 N–H and O–H groups in total. The molecule has 1 amide bonds. The van der Waals surface area contributed by atoms with E-state index in [9.17, 15) is 13.2 Å². The Hall–Kier alpha value is -1.47. The first-order valence-corrected chi connectivity index (χ1v) is 8.64. The first-order chi connectivity index (χ1) is 9.85. The van der Waals surface area contributed by atoms with Gasteiger partial charge in [0.1, 0.15) is 16.7 Å². The van der Waals surface area contributed by atoms with Gasteiger partial charge in [-0.05, 0) is 18.2 Å². The number of amides is 1. The number of rotatable bonds is 5. The fourth-order valence-electron chi connectivity index (χ4n) is 2.29. The van der Waals surface area contributed by atoms with E-state index in [0.29, 0.717) is 11.5 Å². The molecule has 0 aliphatic carbocycles. The van der Waals surface area contributed by atoms with Crippen LogP contribution in [0.1, 0.15) is 12.0 Å². The normalized spacial score (nSPS) is 18.9. The van der Waals surface area contributed by atoms with Gasteiger partial charge in [-0.2, -0.15) is 0 Å². The molecule has 1 atom stereocenters. The average molecular weight is 334 g/mol. The number of benzene rings is 1. The highest BCUT2D eigenvalue weighted by atomic mass is 35.7. The number of ether oxygens (including phenoxy) is 2.